The van der Waals surface area contributed by atoms with Crippen LogP contribution in [0.4, 0.5) is 8.78 Å². The van der Waals surface area contributed by atoms with Crippen molar-refractivity contribution in [3.05, 3.63) is 25.5 Å². The third-order valence-electron chi connectivity index (χ3n) is 1.31. The average molecular weight is 348 g/mol. The van der Waals surface area contributed by atoms with Crippen molar-refractivity contribution in [2.75, 3.05) is 0 Å². The maximum absolute atomic E-state index is 12.3. The van der Waals surface area contributed by atoms with E-state index >= 15 is 0 Å². The summed E-state index contributed by atoms with van der Waals surface area (Å²) in [6, 6.07) is 1.39. The van der Waals surface area contributed by atoms with Gasteiger partial charge in [0, 0.05) is 11.3 Å². The van der Waals surface area contributed by atoms with E-state index < -0.39 is 6.43 Å². The molecule has 1 aromatic rings. The first-order chi connectivity index (χ1) is 5.52. The van der Waals surface area contributed by atoms with Gasteiger partial charge in [-0.15, -0.1) is 0 Å². The van der Waals surface area contributed by atoms with Gasteiger partial charge in [-0.1, -0.05) is 0 Å². The van der Waals surface area contributed by atoms with Crippen LogP contribution in [-0.2, 0) is 0 Å². The summed E-state index contributed by atoms with van der Waals surface area (Å²) in [5, 5.41) is 0. The van der Waals surface area contributed by atoms with Gasteiger partial charge in [-0.05, 0) is 51.5 Å². The van der Waals surface area contributed by atoms with E-state index in [4.69, 9.17) is 0 Å². The Kier molecular flexibility index (Phi) is 3.39. The molecule has 0 aliphatic carbocycles. The fraction of sp³-hybridized carbons (Fsp3) is 0.286. The zero-order valence-electron chi connectivity index (χ0n) is 6.11. The van der Waals surface area contributed by atoms with Crippen LogP contribution in [0.5, 0.6) is 0 Å². The topological polar surface area (TPSA) is 12.9 Å². The van der Waals surface area contributed by atoms with Crippen molar-refractivity contribution < 1.29 is 8.78 Å². The molecule has 0 atom stereocenters. The summed E-state index contributed by atoms with van der Waals surface area (Å²) in [5.74, 6) is 0. The van der Waals surface area contributed by atoms with E-state index in [0.717, 1.165) is 0 Å². The molecule has 0 saturated heterocycles. The van der Waals surface area contributed by atoms with Crippen LogP contribution in [0.2, 0.25) is 0 Å². The molecule has 0 aromatic carbocycles. The second-order valence-electron chi connectivity index (χ2n) is 2.26. The first-order valence-corrected chi connectivity index (χ1v) is 5.00. The minimum absolute atomic E-state index is 0.00639. The fourth-order valence-corrected chi connectivity index (χ4v) is 1.87. The molecule has 0 amide bonds. The molecule has 0 spiro atoms. The van der Waals surface area contributed by atoms with E-state index in [1.54, 1.807) is 6.92 Å². The van der Waals surface area contributed by atoms with E-state index in [1.165, 1.54) is 6.07 Å². The summed E-state index contributed by atoms with van der Waals surface area (Å²) >= 11 is 4.98. The number of aryl methyl sites for hydroxylation is 1. The van der Waals surface area contributed by atoms with Gasteiger partial charge < -0.3 is 0 Å². The number of alkyl halides is 2. The summed E-state index contributed by atoms with van der Waals surface area (Å²) in [6.45, 7) is 1.69. The Bertz CT molecular complexity index is 304. The fourth-order valence-electron chi connectivity index (χ4n) is 0.802. The van der Waals surface area contributed by atoms with Crippen molar-refractivity contribution in [1.29, 1.82) is 0 Å². The van der Waals surface area contributed by atoms with Gasteiger partial charge in [-0.3, -0.25) is 0 Å². The zero-order chi connectivity index (χ0) is 9.30. The molecule has 66 valence electrons. The monoisotopic (exact) mass is 347 g/mol. The van der Waals surface area contributed by atoms with Crippen LogP contribution in [0, 0.1) is 10.6 Å². The number of nitrogens with zero attached hydrogens (tertiary/aromatic N) is 1. The van der Waals surface area contributed by atoms with Crippen LogP contribution in [0.1, 0.15) is 17.7 Å². The molecule has 0 unspecified atom stereocenters. The predicted molar refractivity (Wildman–Crippen MR) is 54.3 cm³/mol. The quantitative estimate of drug-likeness (QED) is 0.557. The number of aromatic nitrogens is 1. The minimum atomic E-state index is -2.45. The van der Waals surface area contributed by atoms with E-state index in [2.05, 4.69) is 20.9 Å². The van der Waals surface area contributed by atoms with Crippen LogP contribution >= 0.6 is 38.5 Å². The number of rotatable bonds is 1. The Morgan fingerprint density at radius 3 is 2.67 bits per heavy atom. The lowest BCUT2D eigenvalue weighted by molar-refractivity contribution is 0.150. The summed E-state index contributed by atoms with van der Waals surface area (Å²) < 4.78 is 25.6. The maximum atomic E-state index is 12.3. The number of halogens is 4. The Balaban J connectivity index is 3.28. The van der Waals surface area contributed by atoms with Crippen LogP contribution in [0.25, 0.3) is 0 Å². The molecule has 1 heterocycles. The molecule has 5 heteroatoms. The molecular formula is C7H5BrF2IN. The molecule has 0 fully saturated rings. The van der Waals surface area contributed by atoms with Crippen molar-refractivity contribution in [2.45, 2.75) is 13.3 Å². The third kappa shape index (κ3) is 2.12. The molecule has 12 heavy (non-hydrogen) atoms. The summed E-state index contributed by atoms with van der Waals surface area (Å²) in [5.41, 5.74) is 0.616. The van der Waals surface area contributed by atoms with Gasteiger partial charge in [-0.2, -0.15) is 0 Å². The highest BCUT2D eigenvalue weighted by atomic mass is 127. The number of pyridine rings is 1. The van der Waals surface area contributed by atoms with Crippen molar-refractivity contribution in [1.82, 2.24) is 4.98 Å². The molecule has 1 aromatic heterocycles. The van der Waals surface area contributed by atoms with Gasteiger partial charge in [-0.25, -0.2) is 13.8 Å². The molecule has 0 bridgehead atoms. The van der Waals surface area contributed by atoms with Crippen molar-refractivity contribution in [3.63, 3.8) is 0 Å². The standard InChI is InChI=1S/C7H5BrF2IN/c1-3-2-4(6(9)10)5(8)7(11)12-3/h2,6H,1H3. The SMILES string of the molecule is Cc1cc(C(F)F)c(Br)c(I)n1. The highest BCUT2D eigenvalue weighted by Gasteiger charge is 2.14. The molecule has 0 aliphatic rings. The van der Waals surface area contributed by atoms with Gasteiger partial charge in [0.15, 0.2) is 0 Å². The Morgan fingerprint density at radius 2 is 2.17 bits per heavy atom. The Hall–Kier alpha value is 0.220. The van der Waals surface area contributed by atoms with Crippen molar-refractivity contribution in [3.8, 4) is 0 Å². The summed E-state index contributed by atoms with van der Waals surface area (Å²) in [7, 11) is 0. The van der Waals surface area contributed by atoms with Crippen molar-refractivity contribution >= 4 is 38.5 Å². The Labute approximate surface area is 90.8 Å². The lowest BCUT2D eigenvalue weighted by Gasteiger charge is -2.05. The molecular weight excluding hydrogens is 343 g/mol. The van der Waals surface area contributed by atoms with E-state index in [-0.39, 0.29) is 5.56 Å². The van der Waals surface area contributed by atoms with Crippen LogP contribution < -0.4 is 0 Å². The van der Waals surface area contributed by atoms with E-state index in [0.29, 0.717) is 13.9 Å². The number of hydrogen-bond donors (Lipinski definition) is 0. The highest BCUT2D eigenvalue weighted by Crippen LogP contribution is 2.30. The summed E-state index contributed by atoms with van der Waals surface area (Å²) in [4.78, 5) is 4.02. The summed E-state index contributed by atoms with van der Waals surface area (Å²) in [6.07, 6.45) is -2.45. The lowest BCUT2D eigenvalue weighted by atomic mass is 10.2. The van der Waals surface area contributed by atoms with Gasteiger partial charge in [0.2, 0.25) is 0 Å². The third-order valence-corrected chi connectivity index (χ3v) is 3.66. The smallest absolute Gasteiger partial charge is 0.246 e. The van der Waals surface area contributed by atoms with Crippen LogP contribution in [-0.4, -0.2) is 4.98 Å². The van der Waals surface area contributed by atoms with Crippen LogP contribution in [0.15, 0.2) is 10.5 Å². The normalized spacial score (nSPS) is 10.8. The lowest BCUT2D eigenvalue weighted by Crippen LogP contribution is -1.94. The molecule has 0 aliphatic heterocycles. The predicted octanol–water partition coefficient (Wildman–Crippen LogP) is 3.69. The van der Waals surface area contributed by atoms with E-state index in [1.807, 2.05) is 22.6 Å². The molecule has 1 rings (SSSR count). The maximum Gasteiger partial charge on any atom is 0.265 e. The molecule has 0 saturated carbocycles. The van der Waals surface area contributed by atoms with Gasteiger partial charge in [0.05, 0.1) is 4.47 Å². The van der Waals surface area contributed by atoms with Gasteiger partial charge >= 0.3 is 0 Å². The minimum Gasteiger partial charge on any atom is -0.246 e. The van der Waals surface area contributed by atoms with Crippen molar-refractivity contribution in [2.24, 2.45) is 0 Å². The highest BCUT2D eigenvalue weighted by molar-refractivity contribution is 14.1. The molecule has 1 nitrogen and oxygen atoms in total. The van der Waals surface area contributed by atoms with E-state index in [9.17, 15) is 8.78 Å². The molecule has 0 radical (unpaired) electrons. The van der Waals surface area contributed by atoms with Gasteiger partial charge in [0.25, 0.3) is 6.43 Å². The zero-order valence-corrected chi connectivity index (χ0v) is 9.86. The van der Waals surface area contributed by atoms with Gasteiger partial charge in [0.1, 0.15) is 3.70 Å². The largest absolute Gasteiger partial charge is 0.265 e. The average Bonchev–Trinajstić information content (AvgIpc) is 1.96. The number of hydrogen-bond acceptors (Lipinski definition) is 1. The second kappa shape index (κ2) is 3.95. The Morgan fingerprint density at radius 1 is 1.58 bits per heavy atom. The molecule has 0 N–H and O–H groups in total. The van der Waals surface area contributed by atoms with Crippen LogP contribution in [0.3, 0.4) is 0 Å². The first kappa shape index (κ1) is 10.3. The first-order valence-electron chi connectivity index (χ1n) is 3.13. The second-order valence-corrected chi connectivity index (χ2v) is 4.07.